The zero-order valence-electron chi connectivity index (χ0n) is 10.8. The van der Waals surface area contributed by atoms with Crippen LogP contribution in [0.1, 0.15) is 19.4 Å². The van der Waals surface area contributed by atoms with Gasteiger partial charge in [0, 0.05) is 18.0 Å². The molecular weight excluding hydrogens is 222 g/mol. The number of hydrogen-bond donors (Lipinski definition) is 0. The second-order valence-electron chi connectivity index (χ2n) is 4.36. The second kappa shape index (κ2) is 5.50. The molecule has 0 fully saturated rings. The molecular formula is C16H17NO. The van der Waals surface area contributed by atoms with Gasteiger partial charge < -0.3 is 4.74 Å². The van der Waals surface area contributed by atoms with E-state index in [-0.39, 0.29) is 6.10 Å². The monoisotopic (exact) mass is 239 g/mol. The summed E-state index contributed by atoms with van der Waals surface area (Å²) in [5.41, 5.74) is 3.30. The molecule has 0 atom stereocenters. The van der Waals surface area contributed by atoms with Gasteiger partial charge in [-0.15, -0.1) is 0 Å². The minimum absolute atomic E-state index is 0.162. The highest BCUT2D eigenvalue weighted by Gasteiger charge is 2.05. The van der Waals surface area contributed by atoms with E-state index >= 15 is 0 Å². The number of hydrogen-bond acceptors (Lipinski definition) is 2. The van der Waals surface area contributed by atoms with E-state index in [1.165, 1.54) is 0 Å². The van der Waals surface area contributed by atoms with Crippen molar-refractivity contribution in [3.8, 4) is 16.9 Å². The first-order chi connectivity index (χ1) is 8.70. The minimum Gasteiger partial charge on any atom is -0.490 e. The Labute approximate surface area is 108 Å². The third-order valence-electron chi connectivity index (χ3n) is 2.61. The summed E-state index contributed by atoms with van der Waals surface area (Å²) in [6, 6.07) is 10.1. The Morgan fingerprint density at radius 2 is 1.83 bits per heavy atom. The number of rotatable bonds is 4. The van der Waals surface area contributed by atoms with Gasteiger partial charge in [0.15, 0.2) is 0 Å². The number of pyridine rings is 1. The quantitative estimate of drug-likeness (QED) is 0.798. The fraction of sp³-hybridized carbons (Fsp3) is 0.188. The van der Waals surface area contributed by atoms with Crippen LogP contribution in [0.4, 0.5) is 0 Å². The zero-order valence-corrected chi connectivity index (χ0v) is 10.8. The van der Waals surface area contributed by atoms with Gasteiger partial charge in [-0.3, -0.25) is 4.98 Å². The first-order valence-corrected chi connectivity index (χ1v) is 6.04. The van der Waals surface area contributed by atoms with Crippen LogP contribution in [0.2, 0.25) is 0 Å². The summed E-state index contributed by atoms with van der Waals surface area (Å²) < 4.78 is 5.74. The van der Waals surface area contributed by atoms with Gasteiger partial charge in [-0.1, -0.05) is 18.7 Å². The summed E-state index contributed by atoms with van der Waals surface area (Å²) in [6.07, 6.45) is 5.57. The molecule has 1 aromatic heterocycles. The van der Waals surface area contributed by atoms with Gasteiger partial charge in [-0.05, 0) is 49.2 Å². The molecule has 18 heavy (non-hydrogen) atoms. The Morgan fingerprint density at radius 1 is 1.11 bits per heavy atom. The Morgan fingerprint density at radius 3 is 2.44 bits per heavy atom. The molecule has 2 rings (SSSR count). The topological polar surface area (TPSA) is 22.1 Å². The van der Waals surface area contributed by atoms with Gasteiger partial charge in [0.05, 0.1) is 6.10 Å². The summed E-state index contributed by atoms with van der Waals surface area (Å²) >= 11 is 0. The van der Waals surface area contributed by atoms with E-state index in [9.17, 15) is 0 Å². The summed E-state index contributed by atoms with van der Waals surface area (Å²) in [4.78, 5) is 4.03. The van der Waals surface area contributed by atoms with Crippen LogP contribution in [0.5, 0.6) is 5.75 Å². The van der Waals surface area contributed by atoms with Crippen LogP contribution in [0.25, 0.3) is 17.2 Å². The molecule has 2 aromatic rings. The normalized spacial score (nSPS) is 10.4. The van der Waals surface area contributed by atoms with Gasteiger partial charge >= 0.3 is 0 Å². The van der Waals surface area contributed by atoms with Crippen LogP contribution in [0, 0.1) is 0 Å². The molecule has 0 bridgehead atoms. The minimum atomic E-state index is 0.162. The molecule has 0 unspecified atom stereocenters. The molecule has 2 heteroatoms. The molecule has 0 aliphatic carbocycles. The standard InChI is InChI=1S/C16H17NO/c1-4-13-11-15(14-7-9-17-10-8-14)5-6-16(13)18-12(2)3/h4-12H,1H2,2-3H3. The smallest absolute Gasteiger partial charge is 0.126 e. The molecule has 0 N–H and O–H groups in total. The fourth-order valence-corrected chi connectivity index (χ4v) is 1.79. The fourth-order valence-electron chi connectivity index (χ4n) is 1.79. The van der Waals surface area contributed by atoms with Gasteiger partial charge in [-0.25, -0.2) is 0 Å². The van der Waals surface area contributed by atoms with E-state index in [0.29, 0.717) is 0 Å². The number of aromatic nitrogens is 1. The van der Waals surface area contributed by atoms with E-state index in [2.05, 4.69) is 23.7 Å². The van der Waals surface area contributed by atoms with Crippen LogP contribution in [0.15, 0.2) is 49.3 Å². The molecule has 92 valence electrons. The molecule has 1 aromatic carbocycles. The first-order valence-electron chi connectivity index (χ1n) is 6.04. The Bertz CT molecular complexity index is 532. The van der Waals surface area contributed by atoms with Gasteiger partial charge in [0.25, 0.3) is 0 Å². The largest absolute Gasteiger partial charge is 0.490 e. The lowest BCUT2D eigenvalue weighted by molar-refractivity contribution is 0.242. The predicted octanol–water partition coefficient (Wildman–Crippen LogP) is 4.18. The molecule has 0 aliphatic rings. The van der Waals surface area contributed by atoms with Gasteiger partial charge in [-0.2, -0.15) is 0 Å². The van der Waals surface area contributed by atoms with E-state index < -0.39 is 0 Å². The average molecular weight is 239 g/mol. The van der Waals surface area contributed by atoms with Crippen molar-refractivity contribution in [2.24, 2.45) is 0 Å². The lowest BCUT2D eigenvalue weighted by Crippen LogP contribution is -2.06. The maximum atomic E-state index is 5.74. The van der Waals surface area contributed by atoms with Crippen molar-refractivity contribution in [3.63, 3.8) is 0 Å². The summed E-state index contributed by atoms with van der Waals surface area (Å²) in [7, 11) is 0. The summed E-state index contributed by atoms with van der Waals surface area (Å²) in [5, 5.41) is 0. The van der Waals surface area contributed by atoms with Crippen molar-refractivity contribution in [1.82, 2.24) is 4.98 Å². The maximum absolute atomic E-state index is 5.74. The predicted molar refractivity (Wildman–Crippen MR) is 75.5 cm³/mol. The van der Waals surface area contributed by atoms with Crippen molar-refractivity contribution < 1.29 is 4.74 Å². The Kier molecular flexibility index (Phi) is 3.78. The SMILES string of the molecule is C=Cc1cc(-c2ccncc2)ccc1OC(C)C. The number of nitrogens with zero attached hydrogens (tertiary/aromatic N) is 1. The van der Waals surface area contributed by atoms with Crippen LogP contribution in [-0.4, -0.2) is 11.1 Å². The molecule has 0 aliphatic heterocycles. The van der Waals surface area contributed by atoms with Crippen LogP contribution < -0.4 is 4.74 Å². The Hall–Kier alpha value is -2.09. The maximum Gasteiger partial charge on any atom is 0.126 e. The van der Waals surface area contributed by atoms with Crippen molar-refractivity contribution in [2.75, 3.05) is 0 Å². The highest BCUT2D eigenvalue weighted by molar-refractivity contribution is 5.69. The number of ether oxygens (including phenoxy) is 1. The zero-order chi connectivity index (χ0) is 13.0. The summed E-state index contributed by atoms with van der Waals surface area (Å²) in [5.74, 6) is 0.873. The summed E-state index contributed by atoms with van der Waals surface area (Å²) in [6.45, 7) is 7.88. The molecule has 0 saturated heterocycles. The second-order valence-corrected chi connectivity index (χ2v) is 4.36. The Balaban J connectivity index is 2.39. The average Bonchev–Trinajstić information content (AvgIpc) is 2.39. The first kappa shape index (κ1) is 12.4. The number of benzene rings is 1. The molecule has 0 amide bonds. The molecule has 2 nitrogen and oxygen atoms in total. The van der Waals surface area contributed by atoms with Crippen molar-refractivity contribution in [1.29, 1.82) is 0 Å². The van der Waals surface area contributed by atoms with E-state index in [1.807, 2.05) is 38.1 Å². The lowest BCUT2D eigenvalue weighted by Gasteiger charge is -2.13. The van der Waals surface area contributed by atoms with Crippen molar-refractivity contribution in [2.45, 2.75) is 20.0 Å². The van der Waals surface area contributed by atoms with Crippen molar-refractivity contribution >= 4 is 6.08 Å². The third kappa shape index (κ3) is 2.77. The van der Waals surface area contributed by atoms with Crippen LogP contribution in [0.3, 0.4) is 0 Å². The molecule has 0 radical (unpaired) electrons. The highest BCUT2D eigenvalue weighted by Crippen LogP contribution is 2.27. The lowest BCUT2D eigenvalue weighted by atomic mass is 10.0. The highest BCUT2D eigenvalue weighted by atomic mass is 16.5. The van der Waals surface area contributed by atoms with E-state index in [0.717, 1.165) is 22.4 Å². The van der Waals surface area contributed by atoms with Crippen LogP contribution in [-0.2, 0) is 0 Å². The molecule has 1 heterocycles. The van der Waals surface area contributed by atoms with Crippen LogP contribution >= 0.6 is 0 Å². The van der Waals surface area contributed by atoms with E-state index in [1.54, 1.807) is 12.4 Å². The third-order valence-corrected chi connectivity index (χ3v) is 2.61. The molecule has 0 saturated carbocycles. The van der Waals surface area contributed by atoms with Gasteiger partial charge in [0.2, 0.25) is 0 Å². The van der Waals surface area contributed by atoms with Crippen molar-refractivity contribution in [3.05, 3.63) is 54.9 Å². The molecule has 0 spiro atoms. The van der Waals surface area contributed by atoms with Gasteiger partial charge in [0.1, 0.15) is 5.75 Å². The van der Waals surface area contributed by atoms with E-state index in [4.69, 9.17) is 4.74 Å².